The van der Waals surface area contributed by atoms with Crippen LogP contribution in [0.25, 0.3) is 0 Å². The van der Waals surface area contributed by atoms with Gasteiger partial charge in [-0.15, -0.1) is 0 Å². The van der Waals surface area contributed by atoms with Crippen molar-refractivity contribution < 1.29 is 9.53 Å². The smallest absolute Gasteiger partial charge is 0.308 e. The van der Waals surface area contributed by atoms with Crippen LogP contribution in [0.3, 0.4) is 0 Å². The van der Waals surface area contributed by atoms with Crippen LogP contribution in [0.15, 0.2) is 12.2 Å². The summed E-state index contributed by atoms with van der Waals surface area (Å²) in [6.45, 7) is 7.44. The standard InChI is InChI=1S/C36H70O2/c1-4-7-10-13-16-18-19-20-21-22-23-25-27-30-33-35(32-29-26-24-17-14-11-8-5-2)36(37)38-34-31-28-15-12-9-6-3/h20-21,35H,4-19,22-34H2,1-3H3/b21-20-. The van der Waals surface area contributed by atoms with Crippen LogP contribution in [0.2, 0.25) is 0 Å². The second-order valence-corrected chi connectivity index (χ2v) is 11.9. The normalized spacial score (nSPS) is 12.4. The second kappa shape index (κ2) is 32.4. The van der Waals surface area contributed by atoms with Crippen molar-refractivity contribution in [1.82, 2.24) is 0 Å². The summed E-state index contributed by atoms with van der Waals surface area (Å²) in [6.07, 6.45) is 40.7. The molecule has 0 bridgehead atoms. The summed E-state index contributed by atoms with van der Waals surface area (Å²) in [6, 6.07) is 0. The fourth-order valence-electron chi connectivity index (χ4n) is 5.36. The van der Waals surface area contributed by atoms with Crippen LogP contribution in [-0.2, 0) is 9.53 Å². The van der Waals surface area contributed by atoms with E-state index in [1.54, 1.807) is 0 Å². The zero-order chi connectivity index (χ0) is 27.8. The van der Waals surface area contributed by atoms with Crippen molar-refractivity contribution in [2.24, 2.45) is 5.92 Å². The van der Waals surface area contributed by atoms with E-state index in [1.807, 2.05) is 0 Å². The van der Waals surface area contributed by atoms with Gasteiger partial charge in [0.1, 0.15) is 0 Å². The molecule has 0 saturated heterocycles. The van der Waals surface area contributed by atoms with Crippen LogP contribution >= 0.6 is 0 Å². The minimum absolute atomic E-state index is 0.0964. The third-order valence-electron chi connectivity index (χ3n) is 8.05. The monoisotopic (exact) mass is 535 g/mol. The van der Waals surface area contributed by atoms with Gasteiger partial charge >= 0.3 is 5.97 Å². The Balaban J connectivity index is 4.03. The maximum atomic E-state index is 12.9. The van der Waals surface area contributed by atoms with Crippen molar-refractivity contribution in [1.29, 1.82) is 0 Å². The highest BCUT2D eigenvalue weighted by Crippen LogP contribution is 2.21. The molecule has 2 nitrogen and oxygen atoms in total. The molecule has 0 aromatic rings. The number of esters is 1. The van der Waals surface area contributed by atoms with Gasteiger partial charge in [-0.25, -0.2) is 0 Å². The summed E-state index contributed by atoms with van der Waals surface area (Å²) < 4.78 is 5.75. The molecule has 226 valence electrons. The molecule has 38 heavy (non-hydrogen) atoms. The Hall–Kier alpha value is -0.790. The van der Waals surface area contributed by atoms with Crippen molar-refractivity contribution in [3.05, 3.63) is 12.2 Å². The van der Waals surface area contributed by atoms with Gasteiger partial charge < -0.3 is 4.74 Å². The zero-order valence-electron chi connectivity index (χ0n) is 26.6. The Labute approximate surface area is 240 Å². The van der Waals surface area contributed by atoms with Gasteiger partial charge in [0, 0.05) is 0 Å². The highest BCUT2D eigenvalue weighted by atomic mass is 16.5. The molecule has 0 rings (SSSR count). The molecule has 0 N–H and O–H groups in total. The average Bonchev–Trinajstić information content (AvgIpc) is 2.92. The minimum atomic E-state index is 0.0964. The number of hydrogen-bond donors (Lipinski definition) is 0. The maximum absolute atomic E-state index is 12.9. The summed E-state index contributed by atoms with van der Waals surface area (Å²) in [5, 5.41) is 0. The Morgan fingerprint density at radius 1 is 0.474 bits per heavy atom. The van der Waals surface area contributed by atoms with E-state index >= 15 is 0 Å². The van der Waals surface area contributed by atoms with Crippen molar-refractivity contribution in [2.45, 2.75) is 201 Å². The Morgan fingerprint density at radius 3 is 1.24 bits per heavy atom. The maximum Gasteiger partial charge on any atom is 0.308 e. The molecule has 0 saturated carbocycles. The molecule has 0 aromatic heterocycles. The highest BCUT2D eigenvalue weighted by Gasteiger charge is 2.19. The lowest BCUT2D eigenvalue weighted by atomic mass is 9.94. The summed E-state index contributed by atoms with van der Waals surface area (Å²) in [5.41, 5.74) is 0. The zero-order valence-corrected chi connectivity index (χ0v) is 26.6. The van der Waals surface area contributed by atoms with Crippen LogP contribution < -0.4 is 0 Å². The third kappa shape index (κ3) is 28.2. The first-order chi connectivity index (χ1) is 18.8. The van der Waals surface area contributed by atoms with Crippen LogP contribution in [-0.4, -0.2) is 12.6 Å². The Bertz CT molecular complexity index is 484. The molecule has 0 heterocycles. The predicted molar refractivity (Wildman–Crippen MR) is 170 cm³/mol. The molecule has 0 aliphatic rings. The van der Waals surface area contributed by atoms with E-state index in [0.717, 1.165) is 19.3 Å². The summed E-state index contributed by atoms with van der Waals surface area (Å²) in [4.78, 5) is 12.9. The van der Waals surface area contributed by atoms with Crippen LogP contribution in [0.5, 0.6) is 0 Å². The fraction of sp³-hybridized carbons (Fsp3) is 0.917. The van der Waals surface area contributed by atoms with Gasteiger partial charge in [-0.2, -0.15) is 0 Å². The molecule has 0 spiro atoms. The van der Waals surface area contributed by atoms with E-state index in [0.29, 0.717) is 6.61 Å². The lowest BCUT2D eigenvalue weighted by Crippen LogP contribution is -2.18. The summed E-state index contributed by atoms with van der Waals surface area (Å²) >= 11 is 0. The first-order valence-electron chi connectivity index (χ1n) is 17.6. The molecular weight excluding hydrogens is 464 g/mol. The minimum Gasteiger partial charge on any atom is -0.465 e. The molecule has 0 amide bonds. The number of unbranched alkanes of at least 4 members (excludes halogenated alkanes) is 22. The number of carbonyl (C=O) groups is 1. The van der Waals surface area contributed by atoms with Gasteiger partial charge in [-0.05, 0) is 44.9 Å². The van der Waals surface area contributed by atoms with Crippen LogP contribution in [0, 0.1) is 5.92 Å². The Kier molecular flexibility index (Phi) is 31.7. The molecule has 1 atom stereocenters. The first-order valence-corrected chi connectivity index (χ1v) is 17.6. The van der Waals surface area contributed by atoms with Gasteiger partial charge in [0.25, 0.3) is 0 Å². The molecule has 0 aromatic carbocycles. The lowest BCUT2D eigenvalue weighted by Gasteiger charge is -2.16. The van der Waals surface area contributed by atoms with Gasteiger partial charge in [0.15, 0.2) is 0 Å². The van der Waals surface area contributed by atoms with Crippen molar-refractivity contribution in [3.63, 3.8) is 0 Å². The molecule has 0 fully saturated rings. The molecule has 0 aliphatic heterocycles. The Morgan fingerprint density at radius 2 is 0.816 bits per heavy atom. The van der Waals surface area contributed by atoms with E-state index in [9.17, 15) is 4.79 Å². The van der Waals surface area contributed by atoms with Crippen molar-refractivity contribution in [3.8, 4) is 0 Å². The van der Waals surface area contributed by atoms with Crippen LogP contribution in [0.1, 0.15) is 201 Å². The van der Waals surface area contributed by atoms with Gasteiger partial charge in [0.05, 0.1) is 12.5 Å². The third-order valence-corrected chi connectivity index (χ3v) is 8.05. The number of allylic oxidation sites excluding steroid dienone is 2. The predicted octanol–water partition coefficient (Wildman–Crippen LogP) is 12.7. The molecule has 2 heteroatoms. The van der Waals surface area contributed by atoms with E-state index in [2.05, 4.69) is 32.9 Å². The molecule has 1 unspecified atom stereocenters. The summed E-state index contributed by atoms with van der Waals surface area (Å²) in [7, 11) is 0. The largest absolute Gasteiger partial charge is 0.465 e. The first kappa shape index (κ1) is 37.2. The second-order valence-electron chi connectivity index (χ2n) is 11.9. The molecular formula is C36H70O2. The van der Waals surface area contributed by atoms with Crippen LogP contribution in [0.4, 0.5) is 0 Å². The number of rotatable bonds is 31. The topological polar surface area (TPSA) is 26.3 Å². The fourth-order valence-corrected chi connectivity index (χ4v) is 5.36. The summed E-state index contributed by atoms with van der Waals surface area (Å²) in [5.74, 6) is 0.228. The van der Waals surface area contributed by atoms with E-state index in [4.69, 9.17) is 4.74 Å². The molecule has 0 radical (unpaired) electrons. The number of ether oxygens (including phenoxy) is 1. The number of hydrogen-bond acceptors (Lipinski definition) is 2. The van der Waals surface area contributed by atoms with Crippen molar-refractivity contribution >= 4 is 5.97 Å². The highest BCUT2D eigenvalue weighted by molar-refractivity contribution is 5.72. The molecule has 0 aliphatic carbocycles. The van der Waals surface area contributed by atoms with Gasteiger partial charge in [-0.1, -0.05) is 168 Å². The lowest BCUT2D eigenvalue weighted by molar-refractivity contribution is -0.149. The number of carbonyl (C=O) groups excluding carboxylic acids is 1. The van der Waals surface area contributed by atoms with Crippen molar-refractivity contribution in [2.75, 3.05) is 6.61 Å². The van der Waals surface area contributed by atoms with E-state index < -0.39 is 0 Å². The van der Waals surface area contributed by atoms with Gasteiger partial charge in [0.2, 0.25) is 0 Å². The van der Waals surface area contributed by atoms with Gasteiger partial charge in [-0.3, -0.25) is 4.79 Å². The average molecular weight is 535 g/mol. The SMILES string of the molecule is CCCCCCCC/C=C\CCCCCCC(CCCCCCCCCC)C(=O)OCCCCCCCC. The van der Waals surface area contributed by atoms with E-state index in [1.165, 1.54) is 161 Å². The van der Waals surface area contributed by atoms with E-state index in [-0.39, 0.29) is 11.9 Å². The quantitative estimate of drug-likeness (QED) is 0.0502.